The number of piperazine rings is 1. The van der Waals surface area contributed by atoms with Crippen molar-refractivity contribution < 1.29 is 9.72 Å². The van der Waals surface area contributed by atoms with Gasteiger partial charge in [-0.1, -0.05) is 29.3 Å². The number of thiophene rings is 1. The topological polar surface area (TPSA) is 78.7 Å². The summed E-state index contributed by atoms with van der Waals surface area (Å²) in [5.41, 5.74) is 0.690. The zero-order valence-electron chi connectivity index (χ0n) is 16.0. The lowest BCUT2D eigenvalue weighted by Crippen LogP contribution is -2.51. The van der Waals surface area contributed by atoms with Crippen LogP contribution >= 0.6 is 46.8 Å². The Balaban J connectivity index is 1.38. The zero-order valence-corrected chi connectivity index (χ0v) is 19.2. The normalized spacial score (nSPS) is 14.0. The van der Waals surface area contributed by atoms with Crippen LogP contribution in [0.1, 0.15) is 9.67 Å². The maximum absolute atomic E-state index is 13.0. The average Bonchev–Trinajstić information content (AvgIpc) is 3.09. The minimum atomic E-state index is -0.449. The van der Waals surface area contributed by atoms with E-state index >= 15 is 0 Å². The third-order valence-corrected chi connectivity index (χ3v) is 7.21. The number of nitro groups is 1. The number of rotatable bonds is 3. The standard InChI is InChI=1S/C20H16Cl2N4O3S2/c21-12-1-6-15-16(11-12)31-18(17(15)22)19(27)24-7-9-25(10-8-24)20(30)23-13-2-4-14(5-3-13)26(28)29/h1-6,11H,7-10H2,(H,23,30). The first-order chi connectivity index (χ1) is 14.8. The highest BCUT2D eigenvalue weighted by molar-refractivity contribution is 7.80. The first kappa shape index (κ1) is 21.8. The number of nitrogens with one attached hydrogen (secondary N) is 1. The molecule has 0 radical (unpaired) electrons. The van der Waals surface area contributed by atoms with Crippen molar-refractivity contribution in [2.75, 3.05) is 31.5 Å². The average molecular weight is 495 g/mol. The number of hydrogen-bond acceptors (Lipinski definition) is 5. The van der Waals surface area contributed by atoms with E-state index in [1.165, 1.54) is 23.5 Å². The van der Waals surface area contributed by atoms with E-state index in [9.17, 15) is 14.9 Å². The van der Waals surface area contributed by atoms with Crippen molar-refractivity contribution >= 4 is 79.2 Å². The molecule has 0 spiro atoms. The van der Waals surface area contributed by atoms with Gasteiger partial charge in [0.2, 0.25) is 0 Å². The van der Waals surface area contributed by atoms with Crippen LogP contribution in [0.5, 0.6) is 0 Å². The number of carbonyl (C=O) groups is 1. The van der Waals surface area contributed by atoms with E-state index < -0.39 is 4.92 Å². The predicted octanol–water partition coefficient (Wildman–Crippen LogP) is 5.27. The number of non-ortho nitro benzene ring substituents is 1. The maximum atomic E-state index is 13.0. The Morgan fingerprint density at radius 2 is 1.71 bits per heavy atom. The van der Waals surface area contributed by atoms with Crippen molar-refractivity contribution in [1.82, 2.24) is 9.80 Å². The van der Waals surface area contributed by atoms with Gasteiger partial charge in [0, 0.05) is 59.1 Å². The summed E-state index contributed by atoms with van der Waals surface area (Å²) in [5.74, 6) is -0.101. The molecule has 0 aliphatic carbocycles. The second-order valence-corrected chi connectivity index (χ2v) is 9.15. The number of nitrogens with zero attached hydrogens (tertiary/aromatic N) is 3. The molecule has 1 aliphatic rings. The molecule has 1 aromatic heterocycles. The van der Waals surface area contributed by atoms with E-state index in [0.29, 0.717) is 51.9 Å². The fourth-order valence-corrected chi connectivity index (χ4v) is 5.36. The molecule has 0 atom stereocenters. The Kier molecular flexibility index (Phi) is 6.29. The number of hydrogen-bond donors (Lipinski definition) is 1. The number of nitro benzene ring substituents is 1. The Morgan fingerprint density at radius 1 is 1.06 bits per heavy atom. The first-order valence-electron chi connectivity index (χ1n) is 9.30. The molecule has 11 heteroatoms. The summed E-state index contributed by atoms with van der Waals surface area (Å²) in [5, 5.41) is 16.2. The lowest BCUT2D eigenvalue weighted by molar-refractivity contribution is -0.384. The molecule has 7 nitrogen and oxygen atoms in total. The molecular weight excluding hydrogens is 479 g/mol. The molecule has 1 aliphatic heterocycles. The SMILES string of the molecule is O=C(c1sc2cc(Cl)ccc2c1Cl)N1CCN(C(=S)Nc2ccc([N+](=O)[O-])cc2)CC1. The van der Waals surface area contributed by atoms with E-state index in [-0.39, 0.29) is 11.6 Å². The van der Waals surface area contributed by atoms with Gasteiger partial charge >= 0.3 is 0 Å². The van der Waals surface area contributed by atoms with Crippen LogP contribution < -0.4 is 5.32 Å². The van der Waals surface area contributed by atoms with Gasteiger partial charge in [0.15, 0.2) is 5.11 Å². The molecule has 2 aromatic carbocycles. The summed E-state index contributed by atoms with van der Waals surface area (Å²) in [6, 6.07) is 11.5. The van der Waals surface area contributed by atoms with Crippen LogP contribution in [0.15, 0.2) is 42.5 Å². The van der Waals surface area contributed by atoms with Gasteiger partial charge in [-0.25, -0.2) is 0 Å². The summed E-state index contributed by atoms with van der Waals surface area (Å²) in [6.45, 7) is 2.15. The van der Waals surface area contributed by atoms with Crippen molar-refractivity contribution in [2.45, 2.75) is 0 Å². The van der Waals surface area contributed by atoms with Gasteiger partial charge in [-0.2, -0.15) is 0 Å². The second-order valence-electron chi connectivity index (χ2n) is 6.90. The zero-order chi connectivity index (χ0) is 22.1. The first-order valence-corrected chi connectivity index (χ1v) is 11.3. The second kappa shape index (κ2) is 8.96. The molecule has 1 amide bonds. The third kappa shape index (κ3) is 4.59. The van der Waals surface area contributed by atoms with Crippen molar-refractivity contribution in [3.63, 3.8) is 0 Å². The van der Waals surface area contributed by atoms with Crippen LogP contribution in [0.2, 0.25) is 10.0 Å². The molecule has 0 unspecified atom stereocenters. The highest BCUT2D eigenvalue weighted by atomic mass is 35.5. The molecule has 1 saturated heterocycles. The van der Waals surface area contributed by atoms with E-state index in [0.717, 1.165) is 10.1 Å². The fourth-order valence-electron chi connectivity index (χ4n) is 3.30. The third-order valence-electron chi connectivity index (χ3n) is 4.97. The summed E-state index contributed by atoms with van der Waals surface area (Å²) in [7, 11) is 0. The maximum Gasteiger partial charge on any atom is 0.269 e. The largest absolute Gasteiger partial charge is 0.345 e. The molecule has 4 rings (SSSR count). The molecule has 0 saturated carbocycles. The van der Waals surface area contributed by atoms with Gasteiger partial charge in [-0.15, -0.1) is 11.3 Å². The molecule has 2 heterocycles. The highest BCUT2D eigenvalue weighted by Crippen LogP contribution is 2.37. The smallest absolute Gasteiger partial charge is 0.269 e. The number of fused-ring (bicyclic) bond motifs is 1. The molecule has 1 fully saturated rings. The number of anilines is 1. The Morgan fingerprint density at radius 3 is 2.35 bits per heavy atom. The monoisotopic (exact) mass is 494 g/mol. The lowest BCUT2D eigenvalue weighted by atomic mass is 10.2. The van der Waals surface area contributed by atoms with Gasteiger partial charge in [0.1, 0.15) is 4.88 Å². The molecule has 160 valence electrons. The molecule has 3 aromatic rings. The fraction of sp³-hybridized carbons (Fsp3) is 0.200. The van der Waals surface area contributed by atoms with Crippen molar-refractivity contribution in [1.29, 1.82) is 0 Å². The van der Waals surface area contributed by atoms with Crippen molar-refractivity contribution in [3.8, 4) is 0 Å². The van der Waals surface area contributed by atoms with Crippen molar-refractivity contribution in [2.24, 2.45) is 0 Å². The van der Waals surface area contributed by atoms with Gasteiger partial charge in [0.05, 0.1) is 9.95 Å². The van der Waals surface area contributed by atoms with Crippen LogP contribution in [-0.4, -0.2) is 51.9 Å². The summed E-state index contributed by atoms with van der Waals surface area (Å²) in [6.07, 6.45) is 0. The van der Waals surface area contributed by atoms with E-state index in [1.807, 2.05) is 17.0 Å². The number of benzene rings is 2. The van der Waals surface area contributed by atoms with Gasteiger partial charge in [-0.3, -0.25) is 14.9 Å². The summed E-state index contributed by atoms with van der Waals surface area (Å²) >= 11 is 19.3. The number of carbonyl (C=O) groups excluding carboxylic acids is 1. The van der Waals surface area contributed by atoms with Gasteiger partial charge in [-0.05, 0) is 36.5 Å². The number of thiocarbonyl (C=S) groups is 1. The summed E-state index contributed by atoms with van der Waals surface area (Å²) < 4.78 is 0.882. The van der Waals surface area contributed by atoms with Crippen LogP contribution in [0.3, 0.4) is 0 Å². The minimum Gasteiger partial charge on any atom is -0.345 e. The van der Waals surface area contributed by atoms with Crippen LogP contribution in [0, 0.1) is 10.1 Å². The molecule has 0 bridgehead atoms. The van der Waals surface area contributed by atoms with Gasteiger partial charge < -0.3 is 15.1 Å². The van der Waals surface area contributed by atoms with E-state index in [2.05, 4.69) is 5.32 Å². The quantitative estimate of drug-likeness (QED) is 0.303. The Hall–Kier alpha value is -2.46. The van der Waals surface area contributed by atoms with Crippen molar-refractivity contribution in [3.05, 3.63) is 67.5 Å². The lowest BCUT2D eigenvalue weighted by Gasteiger charge is -2.36. The number of amides is 1. The van der Waals surface area contributed by atoms with E-state index in [4.69, 9.17) is 35.4 Å². The summed E-state index contributed by atoms with van der Waals surface area (Å²) in [4.78, 5) is 27.6. The molecule has 31 heavy (non-hydrogen) atoms. The van der Waals surface area contributed by atoms with E-state index in [1.54, 1.807) is 23.1 Å². The highest BCUT2D eigenvalue weighted by Gasteiger charge is 2.27. The minimum absolute atomic E-state index is 0.0192. The van der Waals surface area contributed by atoms with Crippen LogP contribution in [0.4, 0.5) is 11.4 Å². The predicted molar refractivity (Wildman–Crippen MR) is 129 cm³/mol. The number of halogens is 2. The van der Waals surface area contributed by atoms with Gasteiger partial charge in [0.25, 0.3) is 11.6 Å². The Bertz CT molecular complexity index is 1180. The van der Waals surface area contributed by atoms with Crippen LogP contribution in [-0.2, 0) is 0 Å². The molecule has 1 N–H and O–H groups in total. The van der Waals surface area contributed by atoms with Crippen LogP contribution in [0.25, 0.3) is 10.1 Å². The Labute approximate surface area is 197 Å². The molecular formula is C20H16Cl2N4O3S2.